The zero-order chi connectivity index (χ0) is 37.5. The Hall–Kier alpha value is -7.17. The van der Waals surface area contributed by atoms with Crippen molar-refractivity contribution >= 4 is 82.9 Å². The van der Waals surface area contributed by atoms with E-state index in [4.69, 9.17) is 19.4 Å². The number of furan rings is 1. The number of rotatable bonds is 4. The number of aromatic nitrogens is 3. The first-order valence-electron chi connectivity index (χ1n) is 19.9. The van der Waals surface area contributed by atoms with Gasteiger partial charge in [0, 0.05) is 32.5 Å². The molecule has 6 aromatic carbocycles. The third-order valence-corrected chi connectivity index (χ3v) is 11.9. The molecule has 4 nitrogen and oxygen atoms in total. The van der Waals surface area contributed by atoms with E-state index in [1.165, 1.54) is 27.1 Å². The predicted molar refractivity (Wildman–Crippen MR) is 237 cm³/mol. The van der Waals surface area contributed by atoms with Gasteiger partial charge in [-0.15, -0.1) is 0 Å². The number of fused-ring (bicyclic) bond motifs is 11. The van der Waals surface area contributed by atoms with Gasteiger partial charge in [-0.05, 0) is 100 Å². The van der Waals surface area contributed by atoms with Gasteiger partial charge in [-0.1, -0.05) is 127 Å². The molecule has 2 aliphatic rings. The van der Waals surface area contributed by atoms with Crippen molar-refractivity contribution in [1.29, 1.82) is 0 Å². The van der Waals surface area contributed by atoms with Gasteiger partial charge in [0.1, 0.15) is 11.0 Å². The summed E-state index contributed by atoms with van der Waals surface area (Å²) in [5, 5.41) is 10.3. The molecule has 12 rings (SSSR count). The lowest BCUT2D eigenvalue weighted by molar-refractivity contribution is 0.574. The van der Waals surface area contributed by atoms with Gasteiger partial charge in [0.25, 0.3) is 0 Å². The summed E-state index contributed by atoms with van der Waals surface area (Å²) in [4.78, 5) is 15.8. The van der Waals surface area contributed by atoms with E-state index >= 15 is 0 Å². The fourth-order valence-electron chi connectivity index (χ4n) is 9.06. The van der Waals surface area contributed by atoms with E-state index in [1.807, 2.05) is 0 Å². The van der Waals surface area contributed by atoms with Gasteiger partial charge in [-0.25, -0.2) is 15.0 Å². The van der Waals surface area contributed by atoms with E-state index in [9.17, 15) is 0 Å². The molecule has 0 saturated heterocycles. The van der Waals surface area contributed by atoms with Crippen molar-refractivity contribution in [2.24, 2.45) is 0 Å². The molecule has 57 heavy (non-hydrogen) atoms. The second-order valence-electron chi connectivity index (χ2n) is 15.3. The summed E-state index contributed by atoms with van der Waals surface area (Å²) >= 11 is 0. The largest absolute Gasteiger partial charge is 0.456 e. The average molecular weight is 730 g/mol. The highest BCUT2D eigenvalue weighted by Gasteiger charge is 2.20. The molecule has 4 heteroatoms. The minimum Gasteiger partial charge on any atom is -0.456 e. The van der Waals surface area contributed by atoms with Crippen molar-refractivity contribution in [3.63, 3.8) is 0 Å². The van der Waals surface area contributed by atoms with Crippen molar-refractivity contribution in [3.8, 4) is 33.6 Å². The van der Waals surface area contributed by atoms with E-state index in [1.54, 1.807) is 0 Å². The van der Waals surface area contributed by atoms with Gasteiger partial charge in [-0.3, -0.25) is 0 Å². The minimum absolute atomic E-state index is 0.894. The molecule has 268 valence electrons. The third-order valence-electron chi connectivity index (χ3n) is 11.9. The van der Waals surface area contributed by atoms with Crippen molar-refractivity contribution < 1.29 is 4.42 Å². The number of benzene rings is 6. The van der Waals surface area contributed by atoms with Crippen LogP contribution in [-0.4, -0.2) is 15.0 Å². The molecule has 0 aliphatic heterocycles. The molecule has 2 aliphatic carbocycles. The monoisotopic (exact) mass is 729 g/mol. The topological polar surface area (TPSA) is 51.8 Å². The Morgan fingerprint density at radius 3 is 2.04 bits per heavy atom. The maximum absolute atomic E-state index is 6.79. The third kappa shape index (κ3) is 5.18. The quantitative estimate of drug-likeness (QED) is 0.169. The molecule has 0 saturated carbocycles. The van der Waals surface area contributed by atoms with Crippen LogP contribution in [0.1, 0.15) is 31.4 Å². The number of nitrogens with zero attached hydrogens (tertiary/aromatic N) is 3. The SMILES string of the molecule is C1=CCCC(c2ccc3ccc4ccc(-c5ccc(-c6ccc7nc(-c8cc9ccccc9c9ccccc89)c8c9c(oc8c7c6)=CCCC=9)cc5)nc4c3n2)=C1. The van der Waals surface area contributed by atoms with Crippen molar-refractivity contribution in [3.05, 3.63) is 168 Å². The number of allylic oxidation sites excluding steroid dienone is 4. The van der Waals surface area contributed by atoms with Crippen LogP contribution in [0, 0.1) is 0 Å². The summed E-state index contributed by atoms with van der Waals surface area (Å²) in [6.07, 6.45) is 15.1. The average Bonchev–Trinajstić information content (AvgIpc) is 3.68. The summed E-state index contributed by atoms with van der Waals surface area (Å²) < 4.78 is 6.79. The summed E-state index contributed by atoms with van der Waals surface area (Å²) in [5.41, 5.74) is 13.3. The van der Waals surface area contributed by atoms with Crippen LogP contribution in [0.5, 0.6) is 0 Å². The summed E-state index contributed by atoms with van der Waals surface area (Å²) in [6.45, 7) is 0. The first kappa shape index (κ1) is 32.1. The Balaban J connectivity index is 0.973. The maximum atomic E-state index is 6.79. The number of hydrogen-bond donors (Lipinski definition) is 0. The Kier molecular flexibility index (Phi) is 7.15. The van der Waals surface area contributed by atoms with Crippen molar-refractivity contribution in [1.82, 2.24) is 15.0 Å². The minimum atomic E-state index is 0.894. The van der Waals surface area contributed by atoms with E-state index in [0.717, 1.165) is 119 Å². The molecule has 0 atom stereocenters. The molecule has 0 N–H and O–H groups in total. The zero-order valence-electron chi connectivity index (χ0n) is 31.2. The summed E-state index contributed by atoms with van der Waals surface area (Å²) in [7, 11) is 0. The molecule has 0 bridgehead atoms. The number of pyridine rings is 3. The maximum Gasteiger partial charge on any atom is 0.147 e. The fourth-order valence-corrected chi connectivity index (χ4v) is 9.06. The van der Waals surface area contributed by atoms with E-state index in [2.05, 4.69) is 164 Å². The summed E-state index contributed by atoms with van der Waals surface area (Å²) in [6, 6.07) is 47.8. The van der Waals surface area contributed by atoms with E-state index in [0.29, 0.717) is 0 Å². The van der Waals surface area contributed by atoms with Gasteiger partial charge in [0.15, 0.2) is 0 Å². The lowest BCUT2D eigenvalue weighted by atomic mass is 9.93. The molecule has 0 radical (unpaired) electrons. The molecule has 0 amide bonds. The summed E-state index contributed by atoms with van der Waals surface area (Å²) in [5.74, 6) is 0. The molecule has 10 aromatic rings. The van der Waals surface area contributed by atoms with Gasteiger partial charge in [0.2, 0.25) is 0 Å². The first-order valence-corrected chi connectivity index (χ1v) is 19.9. The lowest BCUT2D eigenvalue weighted by Gasteiger charge is -2.13. The standard InChI is InChI=1S/C53H35N3O/c1-2-10-33(11-3-1)45-27-24-35-22-23-36-25-28-46(55-51(36)50(35)54-45)34-20-18-32(19-21-34)37-26-29-47-44(30-37)53-49(42-16-8-9-17-48(42)57-53)52(56-47)43-31-38-12-4-5-13-39(38)40-14-6-7-15-41(40)43/h1-2,4-7,10,12-31H,3,8-9,11H2. The highest BCUT2D eigenvalue weighted by molar-refractivity contribution is 6.18. The smallest absolute Gasteiger partial charge is 0.147 e. The lowest BCUT2D eigenvalue weighted by Crippen LogP contribution is -2.22. The van der Waals surface area contributed by atoms with Crippen molar-refractivity contribution in [2.45, 2.75) is 25.7 Å². The molecular weight excluding hydrogens is 695 g/mol. The second-order valence-corrected chi connectivity index (χ2v) is 15.3. The highest BCUT2D eigenvalue weighted by atomic mass is 16.3. The first-order chi connectivity index (χ1) is 28.2. The van der Waals surface area contributed by atoms with Crippen LogP contribution in [0.25, 0.3) is 117 Å². The molecule has 0 spiro atoms. The van der Waals surface area contributed by atoms with E-state index in [-0.39, 0.29) is 0 Å². The van der Waals surface area contributed by atoms with Crippen LogP contribution in [-0.2, 0) is 0 Å². The Bertz CT molecular complexity index is 3520. The molecule has 0 unspecified atom stereocenters. The van der Waals surface area contributed by atoms with Gasteiger partial charge in [-0.2, -0.15) is 0 Å². The Morgan fingerprint density at radius 2 is 1.21 bits per heavy atom. The van der Waals surface area contributed by atoms with Gasteiger partial charge >= 0.3 is 0 Å². The van der Waals surface area contributed by atoms with E-state index < -0.39 is 0 Å². The van der Waals surface area contributed by atoms with Crippen LogP contribution >= 0.6 is 0 Å². The molecule has 4 aromatic heterocycles. The highest BCUT2D eigenvalue weighted by Crippen LogP contribution is 2.39. The van der Waals surface area contributed by atoms with Crippen LogP contribution in [0.2, 0.25) is 0 Å². The van der Waals surface area contributed by atoms with Crippen LogP contribution < -0.4 is 10.6 Å². The molecule has 0 fully saturated rings. The Morgan fingerprint density at radius 1 is 0.509 bits per heavy atom. The Labute approximate surface area is 328 Å². The van der Waals surface area contributed by atoms with Crippen LogP contribution in [0.3, 0.4) is 0 Å². The predicted octanol–water partition coefficient (Wildman–Crippen LogP) is 12.5. The normalized spacial score (nSPS) is 14.0. The van der Waals surface area contributed by atoms with Gasteiger partial charge < -0.3 is 4.42 Å². The zero-order valence-corrected chi connectivity index (χ0v) is 31.2. The second kappa shape index (κ2) is 12.7. The fraction of sp³-hybridized carbons (Fsp3) is 0.0755. The van der Waals surface area contributed by atoms with Crippen LogP contribution in [0.4, 0.5) is 0 Å². The molecular formula is C53H35N3O. The molecule has 4 heterocycles. The van der Waals surface area contributed by atoms with Gasteiger partial charge in [0.05, 0.1) is 39.0 Å². The number of hydrogen-bond acceptors (Lipinski definition) is 4. The van der Waals surface area contributed by atoms with Crippen LogP contribution in [0.15, 0.2) is 156 Å². The van der Waals surface area contributed by atoms with Crippen molar-refractivity contribution in [2.75, 3.05) is 0 Å².